The smallest absolute Gasteiger partial charge is 0.311 e. The molecule has 6 heteroatoms. The molecule has 3 fully saturated rings. The minimum atomic E-state index is -0.847. The Bertz CT molecular complexity index is 744. The maximum absolute atomic E-state index is 13.2. The largest absolute Gasteiger partial charge is 0.481 e. The fourth-order valence-corrected chi connectivity index (χ4v) is 4.71. The van der Waals surface area contributed by atoms with Gasteiger partial charge in [-0.3, -0.25) is 14.4 Å². The monoisotopic (exact) mass is 370 g/mol. The van der Waals surface area contributed by atoms with Crippen LogP contribution in [0.3, 0.4) is 0 Å². The molecule has 2 amide bonds. The van der Waals surface area contributed by atoms with E-state index >= 15 is 0 Å². The summed E-state index contributed by atoms with van der Waals surface area (Å²) >= 11 is 0. The summed E-state index contributed by atoms with van der Waals surface area (Å²) in [5.74, 6) is -0.789. The molecule has 2 saturated carbocycles. The molecule has 1 aromatic rings. The number of hydrogen-bond donors (Lipinski definition) is 2. The average molecular weight is 370 g/mol. The van der Waals surface area contributed by atoms with Crippen molar-refractivity contribution in [2.75, 3.05) is 6.54 Å². The molecular weight excluding hydrogens is 344 g/mol. The van der Waals surface area contributed by atoms with Crippen LogP contribution in [-0.4, -0.2) is 46.4 Å². The number of rotatable bonds is 5. The molecule has 4 rings (SSSR count). The van der Waals surface area contributed by atoms with Crippen LogP contribution in [0.5, 0.6) is 0 Å². The molecule has 0 aromatic heterocycles. The lowest BCUT2D eigenvalue weighted by atomic mass is 9.84. The zero-order valence-electron chi connectivity index (χ0n) is 15.4. The lowest BCUT2D eigenvalue weighted by Gasteiger charge is -2.33. The van der Waals surface area contributed by atoms with Crippen molar-refractivity contribution in [1.82, 2.24) is 10.2 Å². The first-order valence-electron chi connectivity index (χ1n) is 9.91. The van der Waals surface area contributed by atoms with E-state index in [0.717, 1.165) is 25.7 Å². The van der Waals surface area contributed by atoms with Crippen LogP contribution in [0.1, 0.15) is 55.3 Å². The molecule has 1 heterocycles. The van der Waals surface area contributed by atoms with E-state index in [1.807, 2.05) is 18.2 Å². The first-order valence-corrected chi connectivity index (χ1v) is 9.91. The van der Waals surface area contributed by atoms with E-state index in [0.29, 0.717) is 30.7 Å². The Labute approximate surface area is 158 Å². The maximum Gasteiger partial charge on any atom is 0.311 e. The number of benzene rings is 1. The molecule has 144 valence electrons. The van der Waals surface area contributed by atoms with Crippen molar-refractivity contribution in [3.8, 4) is 0 Å². The number of hydrogen-bond acceptors (Lipinski definition) is 3. The summed E-state index contributed by atoms with van der Waals surface area (Å²) in [6.07, 6.45) is 6.09. The van der Waals surface area contributed by atoms with Gasteiger partial charge in [-0.05, 0) is 50.2 Å². The van der Waals surface area contributed by atoms with Gasteiger partial charge in [-0.15, -0.1) is 0 Å². The topological polar surface area (TPSA) is 86.7 Å². The van der Waals surface area contributed by atoms with Gasteiger partial charge in [0.05, 0.1) is 5.41 Å². The van der Waals surface area contributed by atoms with Crippen molar-refractivity contribution in [1.29, 1.82) is 0 Å². The van der Waals surface area contributed by atoms with E-state index < -0.39 is 17.4 Å². The molecule has 2 N–H and O–H groups in total. The first-order chi connectivity index (χ1) is 13.0. The van der Waals surface area contributed by atoms with Crippen LogP contribution < -0.4 is 5.32 Å². The van der Waals surface area contributed by atoms with E-state index in [-0.39, 0.29) is 24.4 Å². The van der Waals surface area contributed by atoms with Crippen LogP contribution in [0.2, 0.25) is 0 Å². The summed E-state index contributed by atoms with van der Waals surface area (Å²) in [7, 11) is 0. The van der Waals surface area contributed by atoms with Gasteiger partial charge < -0.3 is 15.3 Å². The van der Waals surface area contributed by atoms with E-state index in [2.05, 4.69) is 5.32 Å². The van der Waals surface area contributed by atoms with Gasteiger partial charge in [-0.1, -0.05) is 31.0 Å². The third-order valence-corrected chi connectivity index (χ3v) is 6.55. The van der Waals surface area contributed by atoms with Crippen LogP contribution in [0.25, 0.3) is 0 Å². The van der Waals surface area contributed by atoms with Crippen molar-refractivity contribution in [3.05, 3.63) is 35.9 Å². The number of likely N-dealkylation sites (tertiary alicyclic amines) is 1. The molecule has 3 aliphatic rings. The Hall–Kier alpha value is -2.37. The molecule has 3 unspecified atom stereocenters. The molecule has 2 aliphatic carbocycles. The summed E-state index contributed by atoms with van der Waals surface area (Å²) in [4.78, 5) is 39.3. The van der Waals surface area contributed by atoms with Crippen molar-refractivity contribution in [3.63, 3.8) is 0 Å². The van der Waals surface area contributed by atoms with Gasteiger partial charge in [0.15, 0.2) is 0 Å². The fourth-order valence-electron chi connectivity index (χ4n) is 4.71. The molecule has 3 atom stereocenters. The number of carboxylic acids is 1. The second kappa shape index (κ2) is 6.98. The third kappa shape index (κ3) is 3.33. The second-order valence-electron chi connectivity index (χ2n) is 8.25. The number of carboxylic acid groups (broad SMARTS) is 1. The Balaban J connectivity index is 1.53. The van der Waals surface area contributed by atoms with Gasteiger partial charge in [0, 0.05) is 18.2 Å². The zero-order chi connectivity index (χ0) is 19.0. The number of nitrogens with zero attached hydrogens (tertiary/aromatic N) is 1. The second-order valence-corrected chi connectivity index (χ2v) is 8.25. The standard InChI is InChI=1S/C21H26N2O4/c24-18(22-13-21(10-11-21)20(26)27)17-12-15-8-4-5-9-16(15)23(17)19(25)14-6-2-1-3-7-14/h1-3,6-7,15-17H,4-5,8-13H2,(H,22,24)(H,26,27). The van der Waals surface area contributed by atoms with Crippen molar-refractivity contribution in [2.24, 2.45) is 11.3 Å². The Morgan fingerprint density at radius 1 is 1.11 bits per heavy atom. The summed E-state index contributed by atoms with van der Waals surface area (Å²) in [6.45, 7) is 0.153. The van der Waals surface area contributed by atoms with Gasteiger partial charge in [-0.2, -0.15) is 0 Å². The number of carbonyl (C=O) groups excluding carboxylic acids is 2. The molecule has 0 radical (unpaired) electrons. The minimum absolute atomic E-state index is 0.0930. The average Bonchev–Trinajstić information content (AvgIpc) is 3.39. The quantitative estimate of drug-likeness (QED) is 0.833. The molecule has 6 nitrogen and oxygen atoms in total. The summed E-state index contributed by atoms with van der Waals surface area (Å²) in [5, 5.41) is 12.2. The highest BCUT2D eigenvalue weighted by molar-refractivity contribution is 5.98. The van der Waals surface area contributed by atoms with E-state index in [1.165, 1.54) is 0 Å². The summed E-state index contributed by atoms with van der Waals surface area (Å²) in [6, 6.07) is 8.72. The maximum atomic E-state index is 13.2. The third-order valence-electron chi connectivity index (χ3n) is 6.55. The predicted molar refractivity (Wildman–Crippen MR) is 99.1 cm³/mol. The summed E-state index contributed by atoms with van der Waals surface area (Å²) in [5.41, 5.74) is -0.194. The summed E-state index contributed by atoms with van der Waals surface area (Å²) < 4.78 is 0. The van der Waals surface area contributed by atoms with Gasteiger partial charge in [-0.25, -0.2) is 0 Å². The van der Waals surface area contributed by atoms with E-state index in [1.54, 1.807) is 17.0 Å². The fraction of sp³-hybridized carbons (Fsp3) is 0.571. The van der Waals surface area contributed by atoms with Crippen LogP contribution in [0, 0.1) is 11.3 Å². The van der Waals surface area contributed by atoms with Gasteiger partial charge in [0.1, 0.15) is 6.04 Å². The molecule has 0 spiro atoms. The molecular formula is C21H26N2O4. The van der Waals surface area contributed by atoms with Crippen molar-refractivity contribution in [2.45, 2.75) is 57.0 Å². The molecule has 1 aromatic carbocycles. The molecule has 1 saturated heterocycles. The number of aliphatic carboxylic acids is 1. The Kier molecular flexibility index (Phi) is 4.66. The van der Waals surface area contributed by atoms with Gasteiger partial charge in [0.2, 0.25) is 5.91 Å². The molecule has 0 bridgehead atoms. The Morgan fingerprint density at radius 2 is 1.81 bits per heavy atom. The molecule has 27 heavy (non-hydrogen) atoms. The lowest BCUT2D eigenvalue weighted by molar-refractivity contribution is -0.143. The highest BCUT2D eigenvalue weighted by Gasteiger charge is 2.52. The van der Waals surface area contributed by atoms with Crippen LogP contribution in [0.4, 0.5) is 0 Å². The lowest BCUT2D eigenvalue weighted by Crippen LogP contribution is -2.50. The van der Waals surface area contributed by atoms with Crippen LogP contribution >= 0.6 is 0 Å². The highest BCUT2D eigenvalue weighted by atomic mass is 16.4. The number of amides is 2. The SMILES string of the molecule is O=C(NCC1(C(=O)O)CC1)C1CC2CCCCC2N1C(=O)c1ccccc1. The van der Waals surface area contributed by atoms with E-state index in [4.69, 9.17) is 0 Å². The molecule has 1 aliphatic heterocycles. The number of fused-ring (bicyclic) bond motifs is 1. The van der Waals surface area contributed by atoms with E-state index in [9.17, 15) is 19.5 Å². The van der Waals surface area contributed by atoms with Crippen molar-refractivity contribution < 1.29 is 19.5 Å². The van der Waals surface area contributed by atoms with Gasteiger partial charge >= 0.3 is 5.97 Å². The zero-order valence-corrected chi connectivity index (χ0v) is 15.4. The first kappa shape index (κ1) is 18.0. The van der Waals surface area contributed by atoms with Crippen LogP contribution in [0.15, 0.2) is 30.3 Å². The normalized spacial score (nSPS) is 28.3. The van der Waals surface area contributed by atoms with Crippen LogP contribution in [-0.2, 0) is 9.59 Å². The number of nitrogens with one attached hydrogen (secondary N) is 1. The van der Waals surface area contributed by atoms with Gasteiger partial charge in [0.25, 0.3) is 5.91 Å². The van der Waals surface area contributed by atoms with Crippen molar-refractivity contribution >= 4 is 17.8 Å². The highest BCUT2D eigenvalue weighted by Crippen LogP contribution is 2.45. The minimum Gasteiger partial charge on any atom is -0.481 e. The Morgan fingerprint density at radius 3 is 2.48 bits per heavy atom. The predicted octanol–water partition coefficient (Wildman–Crippen LogP) is 2.44. The number of carbonyl (C=O) groups is 3.